The molecule has 0 amide bonds. The topological polar surface area (TPSA) is 23.5 Å². The van der Waals surface area contributed by atoms with Gasteiger partial charge in [0.1, 0.15) is 5.82 Å². The Morgan fingerprint density at radius 3 is 2.60 bits per heavy atom. The maximum atomic E-state index is 13.2. The molecule has 0 bridgehead atoms. The molecule has 2 aromatic rings. The highest BCUT2D eigenvalue weighted by atomic mass is 19.1. The first-order chi connectivity index (χ1) is 9.61. The summed E-state index contributed by atoms with van der Waals surface area (Å²) in [6.45, 7) is 2.55. The SMILES string of the molecule is CC[C@H](O)c1ccccc1N(C)Cc1cccc(F)c1. The van der Waals surface area contributed by atoms with Gasteiger partial charge in [-0.15, -0.1) is 0 Å². The molecule has 0 aliphatic heterocycles. The molecule has 2 nitrogen and oxygen atoms in total. The van der Waals surface area contributed by atoms with E-state index >= 15 is 0 Å². The van der Waals surface area contributed by atoms with Gasteiger partial charge < -0.3 is 10.0 Å². The Morgan fingerprint density at radius 2 is 1.90 bits per heavy atom. The molecule has 2 rings (SSSR count). The lowest BCUT2D eigenvalue weighted by atomic mass is 10.0. The van der Waals surface area contributed by atoms with Crippen molar-refractivity contribution in [1.82, 2.24) is 0 Å². The van der Waals surface area contributed by atoms with Gasteiger partial charge in [-0.3, -0.25) is 0 Å². The zero-order chi connectivity index (χ0) is 14.5. The Morgan fingerprint density at radius 1 is 1.15 bits per heavy atom. The molecule has 0 fully saturated rings. The van der Waals surface area contributed by atoms with E-state index in [1.54, 1.807) is 6.07 Å². The second-order valence-corrected chi connectivity index (χ2v) is 4.97. The quantitative estimate of drug-likeness (QED) is 0.893. The van der Waals surface area contributed by atoms with Crippen molar-refractivity contribution in [3.63, 3.8) is 0 Å². The third kappa shape index (κ3) is 3.36. The lowest BCUT2D eigenvalue weighted by Crippen LogP contribution is -2.19. The van der Waals surface area contributed by atoms with E-state index in [0.29, 0.717) is 13.0 Å². The zero-order valence-electron chi connectivity index (χ0n) is 11.9. The molecule has 3 heteroatoms. The molecule has 106 valence electrons. The summed E-state index contributed by atoms with van der Waals surface area (Å²) in [5, 5.41) is 10.1. The fraction of sp³-hybridized carbons (Fsp3) is 0.294. The van der Waals surface area contributed by atoms with E-state index in [1.165, 1.54) is 12.1 Å². The third-order valence-corrected chi connectivity index (χ3v) is 3.40. The van der Waals surface area contributed by atoms with Crippen LogP contribution in [0.4, 0.5) is 10.1 Å². The largest absolute Gasteiger partial charge is 0.388 e. The van der Waals surface area contributed by atoms with Crippen LogP contribution in [0, 0.1) is 5.82 Å². The highest BCUT2D eigenvalue weighted by molar-refractivity contribution is 5.54. The van der Waals surface area contributed by atoms with Crippen molar-refractivity contribution in [2.75, 3.05) is 11.9 Å². The fourth-order valence-corrected chi connectivity index (χ4v) is 2.33. The smallest absolute Gasteiger partial charge is 0.123 e. The molecule has 0 radical (unpaired) electrons. The van der Waals surface area contributed by atoms with E-state index in [2.05, 4.69) is 0 Å². The summed E-state index contributed by atoms with van der Waals surface area (Å²) in [7, 11) is 1.95. The van der Waals surface area contributed by atoms with Crippen LogP contribution in [0.5, 0.6) is 0 Å². The van der Waals surface area contributed by atoms with E-state index in [9.17, 15) is 9.50 Å². The molecule has 0 aromatic heterocycles. The van der Waals surface area contributed by atoms with E-state index < -0.39 is 6.10 Å². The van der Waals surface area contributed by atoms with Gasteiger partial charge >= 0.3 is 0 Å². The molecule has 1 N–H and O–H groups in total. The van der Waals surface area contributed by atoms with Crippen LogP contribution in [0.2, 0.25) is 0 Å². The Hall–Kier alpha value is -1.87. The lowest BCUT2D eigenvalue weighted by Gasteiger charge is -2.24. The number of nitrogens with zero attached hydrogens (tertiary/aromatic N) is 1. The molecule has 20 heavy (non-hydrogen) atoms. The molecule has 0 unspecified atom stereocenters. The predicted octanol–water partition coefficient (Wildman–Crippen LogP) is 3.91. The number of aliphatic hydroxyl groups excluding tert-OH is 1. The summed E-state index contributed by atoms with van der Waals surface area (Å²) in [5.41, 5.74) is 2.80. The summed E-state index contributed by atoms with van der Waals surface area (Å²) in [6, 6.07) is 14.4. The first kappa shape index (κ1) is 14.5. The van der Waals surface area contributed by atoms with Gasteiger partial charge in [0.2, 0.25) is 0 Å². The first-order valence-electron chi connectivity index (χ1n) is 6.84. The number of para-hydroxylation sites is 1. The number of benzene rings is 2. The highest BCUT2D eigenvalue weighted by Crippen LogP contribution is 2.28. The Labute approximate surface area is 119 Å². The predicted molar refractivity (Wildman–Crippen MR) is 80.2 cm³/mol. The van der Waals surface area contributed by atoms with Gasteiger partial charge in [0.05, 0.1) is 6.10 Å². The van der Waals surface area contributed by atoms with E-state index in [4.69, 9.17) is 0 Å². The molecular formula is C17H20FNO. The average Bonchev–Trinajstić information content (AvgIpc) is 2.46. The van der Waals surface area contributed by atoms with Crippen LogP contribution in [-0.2, 0) is 6.54 Å². The minimum atomic E-state index is -0.471. The number of rotatable bonds is 5. The van der Waals surface area contributed by atoms with E-state index in [1.807, 2.05) is 49.2 Å². The van der Waals surface area contributed by atoms with Crippen molar-refractivity contribution in [3.05, 3.63) is 65.5 Å². The molecule has 0 spiro atoms. The van der Waals surface area contributed by atoms with Crippen LogP contribution in [0.25, 0.3) is 0 Å². The van der Waals surface area contributed by atoms with Crippen LogP contribution in [0.1, 0.15) is 30.6 Å². The fourth-order valence-electron chi connectivity index (χ4n) is 2.33. The monoisotopic (exact) mass is 273 g/mol. The van der Waals surface area contributed by atoms with Crippen LogP contribution in [0.3, 0.4) is 0 Å². The summed E-state index contributed by atoms with van der Waals surface area (Å²) in [6.07, 6.45) is 0.200. The number of hydrogen-bond acceptors (Lipinski definition) is 2. The summed E-state index contributed by atoms with van der Waals surface area (Å²) >= 11 is 0. The van der Waals surface area contributed by atoms with Crippen molar-refractivity contribution in [1.29, 1.82) is 0 Å². The van der Waals surface area contributed by atoms with Crippen LogP contribution < -0.4 is 4.90 Å². The minimum absolute atomic E-state index is 0.224. The Kier molecular flexibility index (Phi) is 4.74. The van der Waals surface area contributed by atoms with Gasteiger partial charge in [-0.05, 0) is 30.2 Å². The number of aliphatic hydroxyl groups is 1. The van der Waals surface area contributed by atoms with Gasteiger partial charge in [-0.1, -0.05) is 37.3 Å². The third-order valence-electron chi connectivity index (χ3n) is 3.40. The summed E-state index contributed by atoms with van der Waals surface area (Å²) < 4.78 is 13.2. The molecule has 0 aliphatic rings. The van der Waals surface area contributed by atoms with Crippen molar-refractivity contribution in [2.24, 2.45) is 0 Å². The minimum Gasteiger partial charge on any atom is -0.388 e. The second-order valence-electron chi connectivity index (χ2n) is 4.97. The zero-order valence-corrected chi connectivity index (χ0v) is 11.9. The molecular weight excluding hydrogens is 253 g/mol. The molecule has 0 saturated carbocycles. The number of halogens is 1. The Bertz CT molecular complexity index is 570. The van der Waals surface area contributed by atoms with E-state index in [-0.39, 0.29) is 5.82 Å². The lowest BCUT2D eigenvalue weighted by molar-refractivity contribution is 0.174. The molecule has 0 saturated heterocycles. The van der Waals surface area contributed by atoms with Crippen LogP contribution in [-0.4, -0.2) is 12.2 Å². The van der Waals surface area contributed by atoms with Crippen LogP contribution in [0.15, 0.2) is 48.5 Å². The van der Waals surface area contributed by atoms with Crippen molar-refractivity contribution < 1.29 is 9.50 Å². The van der Waals surface area contributed by atoms with Gasteiger partial charge in [-0.2, -0.15) is 0 Å². The number of anilines is 1. The summed E-state index contributed by atoms with van der Waals surface area (Å²) in [5.74, 6) is -0.224. The van der Waals surface area contributed by atoms with Gasteiger partial charge in [0, 0.05) is 24.8 Å². The van der Waals surface area contributed by atoms with Gasteiger partial charge in [0.15, 0.2) is 0 Å². The maximum Gasteiger partial charge on any atom is 0.123 e. The van der Waals surface area contributed by atoms with Gasteiger partial charge in [-0.25, -0.2) is 4.39 Å². The molecule has 0 aliphatic carbocycles. The first-order valence-corrected chi connectivity index (χ1v) is 6.84. The molecule has 1 atom stereocenters. The van der Waals surface area contributed by atoms with Crippen molar-refractivity contribution >= 4 is 5.69 Å². The van der Waals surface area contributed by atoms with E-state index in [0.717, 1.165) is 16.8 Å². The van der Waals surface area contributed by atoms with Crippen molar-refractivity contribution in [2.45, 2.75) is 26.0 Å². The second kappa shape index (κ2) is 6.53. The number of hydrogen-bond donors (Lipinski definition) is 1. The maximum absolute atomic E-state index is 13.2. The normalized spacial score (nSPS) is 12.2. The molecule has 2 aromatic carbocycles. The van der Waals surface area contributed by atoms with Crippen LogP contribution >= 0.6 is 0 Å². The molecule has 0 heterocycles. The average molecular weight is 273 g/mol. The Balaban J connectivity index is 2.23. The van der Waals surface area contributed by atoms with Crippen molar-refractivity contribution in [3.8, 4) is 0 Å². The highest BCUT2D eigenvalue weighted by Gasteiger charge is 2.13. The standard InChI is InChI=1S/C17H20FNO/c1-3-17(20)15-9-4-5-10-16(15)19(2)12-13-7-6-8-14(18)11-13/h4-11,17,20H,3,12H2,1-2H3/t17-/m0/s1. The van der Waals surface area contributed by atoms with Gasteiger partial charge in [0.25, 0.3) is 0 Å². The summed E-state index contributed by atoms with van der Waals surface area (Å²) in [4.78, 5) is 2.03.